The Morgan fingerprint density at radius 1 is 1.07 bits per heavy atom. The normalized spacial score (nSPS) is 12.9. The average Bonchev–Trinajstić information content (AvgIpc) is 2.67. The van der Waals surface area contributed by atoms with E-state index in [0.717, 1.165) is 17.9 Å². The summed E-state index contributed by atoms with van der Waals surface area (Å²) in [5.41, 5.74) is 5.84. The number of para-hydroxylation sites is 2. The minimum atomic E-state index is -0.0858. The third-order valence-electron chi connectivity index (χ3n) is 5.13. The van der Waals surface area contributed by atoms with Gasteiger partial charge in [-0.05, 0) is 56.0 Å². The molecule has 0 saturated carbocycles. The van der Waals surface area contributed by atoms with Gasteiger partial charge in [0.2, 0.25) is 11.8 Å². The van der Waals surface area contributed by atoms with Crippen molar-refractivity contribution in [1.29, 1.82) is 0 Å². The summed E-state index contributed by atoms with van der Waals surface area (Å²) in [5, 5.41) is 2.94. The molecule has 1 heterocycles. The average molecular weight is 380 g/mol. The first-order chi connectivity index (χ1) is 13.5. The molecule has 28 heavy (non-hydrogen) atoms. The van der Waals surface area contributed by atoms with Crippen LogP contribution in [0.1, 0.15) is 35.1 Å². The Balaban J connectivity index is 1.47. The quantitative estimate of drug-likeness (QED) is 0.835. The van der Waals surface area contributed by atoms with Crippen LogP contribution in [0.4, 0.5) is 5.69 Å². The van der Waals surface area contributed by atoms with Crippen molar-refractivity contribution in [3.63, 3.8) is 0 Å². The summed E-state index contributed by atoms with van der Waals surface area (Å²) in [6.07, 6.45) is 1.20. The highest BCUT2D eigenvalue weighted by Gasteiger charge is 2.23. The van der Waals surface area contributed by atoms with Gasteiger partial charge in [0.15, 0.2) is 0 Å². The van der Waals surface area contributed by atoms with E-state index < -0.39 is 0 Å². The summed E-state index contributed by atoms with van der Waals surface area (Å²) < 4.78 is 5.58. The molecule has 0 unspecified atom stereocenters. The number of ether oxygens (including phenoxy) is 1. The third-order valence-corrected chi connectivity index (χ3v) is 5.13. The second kappa shape index (κ2) is 8.91. The van der Waals surface area contributed by atoms with E-state index in [1.807, 2.05) is 24.3 Å². The molecule has 0 spiro atoms. The lowest BCUT2D eigenvalue weighted by atomic mass is 9.97. The van der Waals surface area contributed by atoms with Gasteiger partial charge in [-0.1, -0.05) is 29.8 Å². The first-order valence-corrected chi connectivity index (χ1v) is 9.81. The van der Waals surface area contributed by atoms with E-state index in [4.69, 9.17) is 4.74 Å². The Bertz CT molecular complexity index is 853. The molecule has 5 nitrogen and oxygen atoms in total. The van der Waals surface area contributed by atoms with Gasteiger partial charge in [-0.3, -0.25) is 9.59 Å². The summed E-state index contributed by atoms with van der Waals surface area (Å²) >= 11 is 0. The highest BCUT2D eigenvalue weighted by molar-refractivity contribution is 5.97. The summed E-state index contributed by atoms with van der Waals surface area (Å²) in [6, 6.07) is 11.8. The van der Waals surface area contributed by atoms with Gasteiger partial charge in [-0.15, -0.1) is 0 Å². The highest BCUT2D eigenvalue weighted by Crippen LogP contribution is 2.31. The van der Waals surface area contributed by atoms with Crippen LogP contribution in [0.25, 0.3) is 0 Å². The fraction of sp³-hybridized carbons (Fsp3) is 0.391. The molecule has 1 aliphatic heterocycles. The minimum absolute atomic E-state index is 0.0453. The molecule has 0 bridgehead atoms. The number of hydrogen-bond acceptors (Lipinski definition) is 3. The van der Waals surface area contributed by atoms with E-state index >= 15 is 0 Å². The summed E-state index contributed by atoms with van der Waals surface area (Å²) in [6.45, 7) is 7.88. The van der Waals surface area contributed by atoms with Gasteiger partial charge >= 0.3 is 0 Å². The lowest BCUT2D eigenvalue weighted by Crippen LogP contribution is -2.38. The van der Waals surface area contributed by atoms with Crippen LogP contribution in [0.15, 0.2) is 36.4 Å². The van der Waals surface area contributed by atoms with Gasteiger partial charge in [0.05, 0.1) is 12.2 Å². The van der Waals surface area contributed by atoms with Crippen LogP contribution < -0.4 is 15.0 Å². The Hall–Kier alpha value is -2.82. The van der Waals surface area contributed by atoms with Crippen molar-refractivity contribution < 1.29 is 14.3 Å². The second-order valence-corrected chi connectivity index (χ2v) is 7.34. The minimum Gasteiger partial charge on any atom is -0.490 e. The predicted molar refractivity (Wildman–Crippen MR) is 111 cm³/mol. The molecule has 0 atom stereocenters. The number of amides is 2. The van der Waals surface area contributed by atoms with Crippen molar-refractivity contribution in [3.8, 4) is 5.75 Å². The molecule has 2 amide bonds. The summed E-state index contributed by atoms with van der Waals surface area (Å²) in [5.74, 6) is 0.587. The van der Waals surface area contributed by atoms with Crippen molar-refractivity contribution in [3.05, 3.63) is 58.7 Å². The smallest absolute Gasteiger partial charge is 0.227 e. The number of carbonyl (C=O) groups is 2. The maximum Gasteiger partial charge on any atom is 0.227 e. The molecular formula is C23H28N2O3. The van der Waals surface area contributed by atoms with Crippen LogP contribution in [-0.4, -0.2) is 31.5 Å². The molecule has 0 aromatic heterocycles. The van der Waals surface area contributed by atoms with Crippen LogP contribution in [-0.2, 0) is 16.0 Å². The summed E-state index contributed by atoms with van der Waals surface area (Å²) in [7, 11) is 0. The van der Waals surface area contributed by atoms with E-state index in [1.165, 1.54) is 22.3 Å². The highest BCUT2D eigenvalue weighted by atomic mass is 16.5. The molecule has 0 radical (unpaired) electrons. The van der Waals surface area contributed by atoms with Gasteiger partial charge in [0, 0.05) is 19.4 Å². The number of aryl methyl sites for hydroxylation is 3. The molecule has 0 fully saturated rings. The van der Waals surface area contributed by atoms with E-state index in [0.29, 0.717) is 19.7 Å². The van der Waals surface area contributed by atoms with Crippen LogP contribution in [0, 0.1) is 20.8 Å². The van der Waals surface area contributed by atoms with Crippen molar-refractivity contribution in [1.82, 2.24) is 5.32 Å². The standard InChI is InChI=1S/C23H28N2O3/c1-16-14-17(2)19(18(3)15-16)10-11-24-22(26)8-9-23(27)25-12-13-28-21-7-5-4-6-20(21)25/h4-7,14-15H,8-13H2,1-3H3,(H,24,26). The van der Waals surface area contributed by atoms with Crippen LogP contribution >= 0.6 is 0 Å². The number of fused-ring (bicyclic) bond motifs is 1. The maximum atomic E-state index is 12.6. The number of hydrogen-bond donors (Lipinski definition) is 1. The van der Waals surface area contributed by atoms with Crippen LogP contribution in [0.3, 0.4) is 0 Å². The van der Waals surface area contributed by atoms with Crippen LogP contribution in [0.5, 0.6) is 5.75 Å². The fourth-order valence-electron chi connectivity index (χ4n) is 3.80. The van der Waals surface area contributed by atoms with Gasteiger partial charge < -0.3 is 15.0 Å². The van der Waals surface area contributed by atoms with Crippen molar-refractivity contribution >= 4 is 17.5 Å². The van der Waals surface area contributed by atoms with E-state index in [-0.39, 0.29) is 24.7 Å². The zero-order valence-corrected chi connectivity index (χ0v) is 16.9. The number of benzene rings is 2. The molecule has 2 aromatic rings. The molecule has 148 valence electrons. The van der Waals surface area contributed by atoms with Gasteiger partial charge in [-0.2, -0.15) is 0 Å². The Kier molecular flexibility index (Phi) is 6.34. The first-order valence-electron chi connectivity index (χ1n) is 9.81. The SMILES string of the molecule is Cc1cc(C)c(CCNC(=O)CCC(=O)N2CCOc3ccccc32)c(C)c1. The molecule has 0 aliphatic carbocycles. The number of nitrogens with zero attached hydrogens (tertiary/aromatic N) is 1. The van der Waals surface area contributed by atoms with Crippen LogP contribution in [0.2, 0.25) is 0 Å². The zero-order chi connectivity index (χ0) is 20.1. The largest absolute Gasteiger partial charge is 0.490 e. The Labute approximate surface area is 166 Å². The fourth-order valence-corrected chi connectivity index (χ4v) is 3.80. The molecule has 0 saturated heterocycles. The number of carbonyl (C=O) groups excluding carboxylic acids is 2. The van der Waals surface area contributed by atoms with E-state index in [9.17, 15) is 9.59 Å². The number of nitrogens with one attached hydrogen (secondary N) is 1. The van der Waals surface area contributed by atoms with Gasteiger partial charge in [0.1, 0.15) is 12.4 Å². The monoisotopic (exact) mass is 380 g/mol. The lowest BCUT2D eigenvalue weighted by molar-refractivity contribution is -0.125. The Morgan fingerprint density at radius 2 is 1.79 bits per heavy atom. The molecule has 2 aromatic carbocycles. The summed E-state index contributed by atoms with van der Waals surface area (Å²) in [4.78, 5) is 26.5. The molecule has 3 rings (SSSR count). The molecule has 5 heteroatoms. The van der Waals surface area contributed by atoms with Crippen molar-refractivity contribution in [2.24, 2.45) is 0 Å². The zero-order valence-electron chi connectivity index (χ0n) is 16.9. The van der Waals surface area contributed by atoms with E-state index in [1.54, 1.807) is 4.90 Å². The number of rotatable bonds is 6. The van der Waals surface area contributed by atoms with Gasteiger partial charge in [0.25, 0.3) is 0 Å². The Morgan fingerprint density at radius 3 is 2.54 bits per heavy atom. The van der Waals surface area contributed by atoms with Crippen molar-refractivity contribution in [2.45, 2.75) is 40.0 Å². The second-order valence-electron chi connectivity index (χ2n) is 7.34. The lowest BCUT2D eigenvalue weighted by Gasteiger charge is -2.29. The molecule has 1 aliphatic rings. The number of anilines is 1. The third kappa shape index (κ3) is 4.71. The van der Waals surface area contributed by atoms with Crippen molar-refractivity contribution in [2.75, 3.05) is 24.6 Å². The van der Waals surface area contributed by atoms with Gasteiger partial charge in [-0.25, -0.2) is 0 Å². The molecular weight excluding hydrogens is 352 g/mol. The topological polar surface area (TPSA) is 58.6 Å². The van der Waals surface area contributed by atoms with E-state index in [2.05, 4.69) is 38.2 Å². The molecule has 1 N–H and O–H groups in total. The first kappa shape index (κ1) is 19.9. The maximum absolute atomic E-state index is 12.6. The predicted octanol–water partition coefficient (Wildman–Crippen LogP) is 3.48.